The summed E-state index contributed by atoms with van der Waals surface area (Å²) in [6, 6.07) is -0.291. The molecule has 0 aromatic carbocycles. The minimum atomic E-state index is -0.291. The molecule has 1 aliphatic rings. The van der Waals surface area contributed by atoms with E-state index in [-0.39, 0.29) is 11.9 Å². The third-order valence-corrected chi connectivity index (χ3v) is 2.74. The molecule has 0 aliphatic heterocycles. The van der Waals surface area contributed by atoms with Crippen LogP contribution in [0.3, 0.4) is 0 Å². The summed E-state index contributed by atoms with van der Waals surface area (Å²) in [7, 11) is 0. The van der Waals surface area contributed by atoms with Gasteiger partial charge in [-0.15, -0.1) is 0 Å². The Bertz CT molecular complexity index is 190. The van der Waals surface area contributed by atoms with Gasteiger partial charge in [0.05, 0.1) is 6.04 Å². The third kappa shape index (κ3) is 3.29. The van der Waals surface area contributed by atoms with Crippen molar-refractivity contribution in [1.82, 2.24) is 4.90 Å². The lowest BCUT2D eigenvalue weighted by Crippen LogP contribution is -2.44. The summed E-state index contributed by atoms with van der Waals surface area (Å²) in [5.74, 6) is 0.899. The van der Waals surface area contributed by atoms with Crippen molar-refractivity contribution in [1.29, 1.82) is 0 Å². The lowest BCUT2D eigenvalue weighted by Gasteiger charge is -2.24. The van der Waals surface area contributed by atoms with Crippen molar-refractivity contribution in [3.05, 3.63) is 0 Å². The molecular weight excluding hydrogens is 176 g/mol. The number of nitrogens with two attached hydrogens (primary N) is 1. The first-order valence-corrected chi connectivity index (χ1v) is 5.73. The van der Waals surface area contributed by atoms with Crippen molar-refractivity contribution >= 4 is 5.91 Å². The molecule has 3 nitrogen and oxygen atoms in total. The highest BCUT2D eigenvalue weighted by Crippen LogP contribution is 2.29. The second kappa shape index (κ2) is 5.35. The zero-order chi connectivity index (χ0) is 10.6. The molecule has 1 fully saturated rings. The molecule has 0 aromatic heterocycles. The van der Waals surface area contributed by atoms with Crippen molar-refractivity contribution in [3.8, 4) is 0 Å². The van der Waals surface area contributed by atoms with Crippen LogP contribution in [0.4, 0.5) is 0 Å². The summed E-state index contributed by atoms with van der Waals surface area (Å²) in [5, 5.41) is 0. The van der Waals surface area contributed by atoms with Crippen molar-refractivity contribution in [2.75, 3.05) is 13.1 Å². The minimum absolute atomic E-state index is 0.140. The van der Waals surface area contributed by atoms with Crippen LogP contribution in [0, 0.1) is 5.92 Å². The maximum atomic E-state index is 11.8. The van der Waals surface area contributed by atoms with Gasteiger partial charge in [-0.25, -0.2) is 0 Å². The van der Waals surface area contributed by atoms with Gasteiger partial charge in [-0.05, 0) is 31.6 Å². The molecule has 0 aromatic rings. The molecule has 0 unspecified atom stereocenters. The zero-order valence-electron chi connectivity index (χ0n) is 9.33. The Morgan fingerprint density at radius 1 is 1.50 bits per heavy atom. The molecule has 82 valence electrons. The third-order valence-electron chi connectivity index (χ3n) is 2.74. The van der Waals surface area contributed by atoms with E-state index in [0.717, 1.165) is 31.8 Å². The maximum Gasteiger partial charge on any atom is 0.239 e. The number of carbonyl (C=O) groups excluding carboxylic acids is 1. The molecule has 0 heterocycles. The summed E-state index contributed by atoms with van der Waals surface area (Å²) in [6.07, 6.45) is 4.34. The van der Waals surface area contributed by atoms with Crippen molar-refractivity contribution in [3.63, 3.8) is 0 Å². The van der Waals surface area contributed by atoms with E-state index in [9.17, 15) is 4.79 Å². The summed E-state index contributed by atoms with van der Waals surface area (Å²) < 4.78 is 0. The Morgan fingerprint density at radius 2 is 2.14 bits per heavy atom. The number of carbonyl (C=O) groups is 1. The van der Waals surface area contributed by atoms with Gasteiger partial charge in [-0.3, -0.25) is 4.79 Å². The van der Waals surface area contributed by atoms with Gasteiger partial charge in [0, 0.05) is 13.1 Å². The van der Waals surface area contributed by atoms with E-state index in [4.69, 9.17) is 5.73 Å². The van der Waals surface area contributed by atoms with E-state index in [1.165, 1.54) is 12.8 Å². The first-order valence-electron chi connectivity index (χ1n) is 5.73. The molecule has 2 N–H and O–H groups in total. The van der Waals surface area contributed by atoms with Crippen LogP contribution in [-0.4, -0.2) is 29.9 Å². The van der Waals surface area contributed by atoms with Gasteiger partial charge in [0.25, 0.3) is 0 Å². The van der Waals surface area contributed by atoms with E-state index in [1.807, 2.05) is 11.8 Å². The summed E-state index contributed by atoms with van der Waals surface area (Å²) in [6.45, 7) is 5.86. The highest BCUT2D eigenvalue weighted by molar-refractivity contribution is 5.81. The smallest absolute Gasteiger partial charge is 0.239 e. The fourth-order valence-electron chi connectivity index (χ4n) is 1.58. The van der Waals surface area contributed by atoms with Gasteiger partial charge in [-0.1, -0.05) is 13.8 Å². The Balaban J connectivity index is 2.42. The van der Waals surface area contributed by atoms with Crippen LogP contribution in [0.2, 0.25) is 0 Å². The topological polar surface area (TPSA) is 46.3 Å². The first kappa shape index (κ1) is 11.5. The van der Waals surface area contributed by atoms with Gasteiger partial charge in [0.2, 0.25) is 5.91 Å². The average molecular weight is 198 g/mol. The molecule has 3 heteroatoms. The summed E-state index contributed by atoms with van der Waals surface area (Å²) in [4.78, 5) is 13.8. The van der Waals surface area contributed by atoms with E-state index in [1.54, 1.807) is 0 Å². The Morgan fingerprint density at radius 3 is 2.57 bits per heavy atom. The number of amides is 1. The van der Waals surface area contributed by atoms with Crippen LogP contribution in [0.25, 0.3) is 0 Å². The lowest BCUT2D eigenvalue weighted by atomic mass is 10.2. The van der Waals surface area contributed by atoms with Crippen LogP contribution in [-0.2, 0) is 4.79 Å². The Labute approximate surface area is 86.6 Å². The fraction of sp³-hybridized carbons (Fsp3) is 0.909. The molecule has 0 radical (unpaired) electrons. The second-order valence-electron chi connectivity index (χ2n) is 4.24. The normalized spacial score (nSPS) is 17.9. The molecule has 0 bridgehead atoms. The van der Waals surface area contributed by atoms with Crippen LogP contribution >= 0.6 is 0 Å². The average Bonchev–Trinajstić information content (AvgIpc) is 2.98. The predicted molar refractivity (Wildman–Crippen MR) is 57.9 cm³/mol. The number of nitrogens with zero attached hydrogens (tertiary/aromatic N) is 1. The summed E-state index contributed by atoms with van der Waals surface area (Å²) >= 11 is 0. The highest BCUT2D eigenvalue weighted by Gasteiger charge is 2.27. The van der Waals surface area contributed by atoms with Gasteiger partial charge in [0.1, 0.15) is 0 Å². The van der Waals surface area contributed by atoms with Crippen molar-refractivity contribution in [2.45, 2.75) is 45.6 Å². The molecule has 1 amide bonds. The molecule has 1 atom stereocenters. The maximum absolute atomic E-state index is 11.8. The van der Waals surface area contributed by atoms with E-state index < -0.39 is 0 Å². The predicted octanol–water partition coefficient (Wildman–Crippen LogP) is 1.37. The van der Waals surface area contributed by atoms with E-state index in [0.29, 0.717) is 0 Å². The zero-order valence-corrected chi connectivity index (χ0v) is 9.33. The standard InChI is InChI=1S/C11H22N2O/c1-3-7-13(8-9-5-6-9)11(14)10(12)4-2/h9-10H,3-8,12H2,1-2H3/t10-/m0/s1. The SMILES string of the molecule is CCCN(CC1CC1)C(=O)[C@@H](N)CC. The molecule has 1 aliphatic carbocycles. The quantitative estimate of drug-likeness (QED) is 0.700. The second-order valence-corrected chi connectivity index (χ2v) is 4.24. The van der Waals surface area contributed by atoms with E-state index in [2.05, 4.69) is 6.92 Å². The van der Waals surface area contributed by atoms with Crippen LogP contribution < -0.4 is 5.73 Å². The summed E-state index contributed by atoms with van der Waals surface area (Å²) in [5.41, 5.74) is 5.75. The molecule has 14 heavy (non-hydrogen) atoms. The number of hydrogen-bond donors (Lipinski definition) is 1. The highest BCUT2D eigenvalue weighted by atomic mass is 16.2. The Hall–Kier alpha value is -0.570. The van der Waals surface area contributed by atoms with Crippen LogP contribution in [0.5, 0.6) is 0 Å². The fourth-order valence-corrected chi connectivity index (χ4v) is 1.58. The van der Waals surface area contributed by atoms with Gasteiger partial charge >= 0.3 is 0 Å². The first-order chi connectivity index (χ1) is 6.69. The lowest BCUT2D eigenvalue weighted by molar-refractivity contribution is -0.133. The minimum Gasteiger partial charge on any atom is -0.341 e. The van der Waals surface area contributed by atoms with Gasteiger partial charge in [0.15, 0.2) is 0 Å². The largest absolute Gasteiger partial charge is 0.341 e. The van der Waals surface area contributed by atoms with E-state index >= 15 is 0 Å². The molecule has 0 spiro atoms. The Kier molecular flexibility index (Phi) is 4.39. The molecule has 1 saturated carbocycles. The molecule has 0 saturated heterocycles. The van der Waals surface area contributed by atoms with Crippen LogP contribution in [0.1, 0.15) is 39.5 Å². The van der Waals surface area contributed by atoms with Gasteiger partial charge in [-0.2, -0.15) is 0 Å². The number of hydrogen-bond acceptors (Lipinski definition) is 2. The van der Waals surface area contributed by atoms with Gasteiger partial charge < -0.3 is 10.6 Å². The number of rotatable bonds is 6. The molecule has 1 rings (SSSR count). The van der Waals surface area contributed by atoms with Crippen LogP contribution in [0.15, 0.2) is 0 Å². The van der Waals surface area contributed by atoms with Crippen molar-refractivity contribution in [2.24, 2.45) is 11.7 Å². The van der Waals surface area contributed by atoms with Crippen molar-refractivity contribution < 1.29 is 4.79 Å². The monoisotopic (exact) mass is 198 g/mol. The molecular formula is C11H22N2O.